The molecule has 1 atom stereocenters. The molecule has 16 heavy (non-hydrogen) atoms. The van der Waals surface area contributed by atoms with E-state index in [4.69, 9.17) is 16.7 Å². The summed E-state index contributed by atoms with van der Waals surface area (Å²) in [6.45, 7) is 1.72. The standard InChI is InChI=1S/C12H16ClNO2/c1-9(8-15)14-12(16)6-5-10-3-2-4-11(13)7-10/h2-4,7,9,15H,5-6,8H2,1H3,(H,14,16). The van der Waals surface area contributed by atoms with Crippen LogP contribution in [0.2, 0.25) is 5.02 Å². The molecule has 1 aromatic rings. The minimum Gasteiger partial charge on any atom is -0.394 e. The van der Waals surface area contributed by atoms with Gasteiger partial charge in [-0.3, -0.25) is 4.79 Å². The van der Waals surface area contributed by atoms with E-state index in [0.717, 1.165) is 5.56 Å². The molecule has 0 aliphatic rings. The summed E-state index contributed by atoms with van der Waals surface area (Å²) in [7, 11) is 0. The van der Waals surface area contributed by atoms with Gasteiger partial charge in [0, 0.05) is 17.5 Å². The predicted octanol–water partition coefficient (Wildman–Crippen LogP) is 1.77. The Labute approximate surface area is 100 Å². The molecule has 3 nitrogen and oxygen atoms in total. The highest BCUT2D eigenvalue weighted by Gasteiger charge is 2.06. The van der Waals surface area contributed by atoms with Crippen LogP contribution >= 0.6 is 11.6 Å². The van der Waals surface area contributed by atoms with Gasteiger partial charge in [0.2, 0.25) is 5.91 Å². The summed E-state index contributed by atoms with van der Waals surface area (Å²) in [5.41, 5.74) is 1.04. The second-order valence-electron chi connectivity index (χ2n) is 3.78. The van der Waals surface area contributed by atoms with Crippen molar-refractivity contribution in [1.29, 1.82) is 0 Å². The predicted molar refractivity (Wildman–Crippen MR) is 64.5 cm³/mol. The van der Waals surface area contributed by atoms with Crippen molar-refractivity contribution in [1.82, 2.24) is 5.32 Å². The molecule has 0 fully saturated rings. The number of hydrogen-bond acceptors (Lipinski definition) is 2. The molecular weight excluding hydrogens is 226 g/mol. The van der Waals surface area contributed by atoms with Gasteiger partial charge < -0.3 is 10.4 Å². The first kappa shape index (κ1) is 13.0. The summed E-state index contributed by atoms with van der Waals surface area (Å²) in [4.78, 5) is 11.4. The fraction of sp³-hybridized carbons (Fsp3) is 0.417. The van der Waals surface area contributed by atoms with Crippen LogP contribution in [0.15, 0.2) is 24.3 Å². The van der Waals surface area contributed by atoms with Gasteiger partial charge in [-0.2, -0.15) is 0 Å². The first-order chi connectivity index (χ1) is 7.61. The summed E-state index contributed by atoms with van der Waals surface area (Å²) < 4.78 is 0. The lowest BCUT2D eigenvalue weighted by Gasteiger charge is -2.10. The van der Waals surface area contributed by atoms with E-state index in [0.29, 0.717) is 17.9 Å². The maximum Gasteiger partial charge on any atom is 0.220 e. The number of halogens is 1. The molecule has 4 heteroatoms. The minimum atomic E-state index is -0.188. The van der Waals surface area contributed by atoms with Crippen molar-refractivity contribution in [2.75, 3.05) is 6.61 Å². The fourth-order valence-corrected chi connectivity index (χ4v) is 1.56. The van der Waals surface area contributed by atoms with Gasteiger partial charge in [-0.25, -0.2) is 0 Å². The lowest BCUT2D eigenvalue weighted by Crippen LogP contribution is -2.35. The number of nitrogens with one attached hydrogen (secondary N) is 1. The number of amides is 1. The lowest BCUT2D eigenvalue weighted by atomic mass is 10.1. The quantitative estimate of drug-likeness (QED) is 0.826. The van der Waals surface area contributed by atoms with E-state index in [1.807, 2.05) is 18.2 Å². The van der Waals surface area contributed by atoms with E-state index in [9.17, 15) is 4.79 Å². The molecule has 0 heterocycles. The number of aliphatic hydroxyl groups is 1. The maximum atomic E-state index is 11.4. The van der Waals surface area contributed by atoms with Gasteiger partial charge in [0.05, 0.1) is 6.61 Å². The van der Waals surface area contributed by atoms with Crippen molar-refractivity contribution in [3.8, 4) is 0 Å². The van der Waals surface area contributed by atoms with Crippen LogP contribution in [-0.4, -0.2) is 23.7 Å². The highest BCUT2D eigenvalue weighted by Crippen LogP contribution is 2.12. The van der Waals surface area contributed by atoms with Gasteiger partial charge >= 0.3 is 0 Å². The molecule has 1 rings (SSSR count). The van der Waals surface area contributed by atoms with Crippen molar-refractivity contribution >= 4 is 17.5 Å². The SMILES string of the molecule is CC(CO)NC(=O)CCc1cccc(Cl)c1. The van der Waals surface area contributed by atoms with E-state index >= 15 is 0 Å². The van der Waals surface area contributed by atoms with Crippen LogP contribution in [-0.2, 0) is 11.2 Å². The number of aryl methyl sites for hydroxylation is 1. The Morgan fingerprint density at radius 3 is 2.94 bits per heavy atom. The van der Waals surface area contributed by atoms with Crippen LogP contribution in [0.1, 0.15) is 18.9 Å². The average Bonchev–Trinajstić information content (AvgIpc) is 2.26. The third-order valence-corrected chi connectivity index (χ3v) is 2.45. The molecule has 0 aliphatic carbocycles. The summed E-state index contributed by atoms with van der Waals surface area (Å²) in [6, 6.07) is 7.27. The van der Waals surface area contributed by atoms with Crippen LogP contribution < -0.4 is 5.32 Å². The van der Waals surface area contributed by atoms with Crippen molar-refractivity contribution in [3.05, 3.63) is 34.9 Å². The number of carbonyl (C=O) groups excluding carboxylic acids is 1. The zero-order chi connectivity index (χ0) is 12.0. The Morgan fingerprint density at radius 2 is 2.31 bits per heavy atom. The van der Waals surface area contributed by atoms with Crippen LogP contribution in [0, 0.1) is 0 Å². The molecule has 0 bridgehead atoms. The molecule has 0 saturated heterocycles. The summed E-state index contributed by atoms with van der Waals surface area (Å²) in [6.07, 6.45) is 1.06. The number of carbonyl (C=O) groups is 1. The number of hydrogen-bond donors (Lipinski definition) is 2. The first-order valence-corrected chi connectivity index (χ1v) is 5.64. The molecule has 0 aromatic heterocycles. The van der Waals surface area contributed by atoms with Gasteiger partial charge in [-0.1, -0.05) is 23.7 Å². The Bertz CT molecular complexity index is 355. The molecule has 0 radical (unpaired) electrons. The summed E-state index contributed by atoms with van der Waals surface area (Å²) in [5, 5.41) is 12.1. The van der Waals surface area contributed by atoms with Crippen molar-refractivity contribution in [2.24, 2.45) is 0 Å². The zero-order valence-electron chi connectivity index (χ0n) is 9.24. The molecule has 1 unspecified atom stereocenters. The second-order valence-corrected chi connectivity index (χ2v) is 4.22. The van der Waals surface area contributed by atoms with Gasteiger partial charge in [0.15, 0.2) is 0 Å². The van der Waals surface area contributed by atoms with E-state index in [1.54, 1.807) is 13.0 Å². The molecule has 88 valence electrons. The number of rotatable bonds is 5. The molecule has 0 saturated carbocycles. The lowest BCUT2D eigenvalue weighted by molar-refractivity contribution is -0.121. The Kier molecular flexibility index (Phi) is 5.29. The molecule has 1 aromatic carbocycles. The summed E-state index contributed by atoms with van der Waals surface area (Å²) in [5.74, 6) is -0.0541. The number of aliphatic hydroxyl groups excluding tert-OH is 1. The van der Waals surface area contributed by atoms with Crippen LogP contribution in [0.4, 0.5) is 0 Å². The van der Waals surface area contributed by atoms with Gasteiger partial charge in [-0.05, 0) is 31.0 Å². The molecular formula is C12H16ClNO2. The monoisotopic (exact) mass is 241 g/mol. The zero-order valence-corrected chi connectivity index (χ0v) is 10.00. The van der Waals surface area contributed by atoms with Crippen molar-refractivity contribution in [2.45, 2.75) is 25.8 Å². The third kappa shape index (κ3) is 4.64. The topological polar surface area (TPSA) is 49.3 Å². The van der Waals surface area contributed by atoms with E-state index in [1.165, 1.54) is 0 Å². The molecule has 1 amide bonds. The fourth-order valence-electron chi connectivity index (χ4n) is 1.34. The largest absolute Gasteiger partial charge is 0.394 e. The van der Waals surface area contributed by atoms with Crippen LogP contribution in [0.3, 0.4) is 0 Å². The Hall–Kier alpha value is -1.06. The molecule has 2 N–H and O–H groups in total. The first-order valence-electron chi connectivity index (χ1n) is 5.26. The minimum absolute atomic E-state index is 0.0388. The highest BCUT2D eigenvalue weighted by molar-refractivity contribution is 6.30. The van der Waals surface area contributed by atoms with E-state index in [-0.39, 0.29) is 18.6 Å². The average molecular weight is 242 g/mol. The van der Waals surface area contributed by atoms with Gasteiger partial charge in [0.1, 0.15) is 0 Å². The van der Waals surface area contributed by atoms with Crippen molar-refractivity contribution in [3.63, 3.8) is 0 Å². The van der Waals surface area contributed by atoms with Crippen LogP contribution in [0.5, 0.6) is 0 Å². The molecule has 0 aliphatic heterocycles. The summed E-state index contributed by atoms with van der Waals surface area (Å²) >= 11 is 5.83. The third-order valence-electron chi connectivity index (χ3n) is 2.21. The molecule has 0 spiro atoms. The van der Waals surface area contributed by atoms with E-state index in [2.05, 4.69) is 5.32 Å². The normalized spacial score (nSPS) is 12.2. The van der Waals surface area contributed by atoms with E-state index < -0.39 is 0 Å². The smallest absolute Gasteiger partial charge is 0.220 e. The van der Waals surface area contributed by atoms with Crippen molar-refractivity contribution < 1.29 is 9.90 Å². The Morgan fingerprint density at radius 1 is 1.56 bits per heavy atom. The number of benzene rings is 1. The van der Waals surface area contributed by atoms with Gasteiger partial charge in [-0.15, -0.1) is 0 Å². The highest BCUT2D eigenvalue weighted by atomic mass is 35.5. The Balaban J connectivity index is 2.37. The van der Waals surface area contributed by atoms with Gasteiger partial charge in [0.25, 0.3) is 0 Å². The maximum absolute atomic E-state index is 11.4. The van der Waals surface area contributed by atoms with Crippen LogP contribution in [0.25, 0.3) is 0 Å². The second kappa shape index (κ2) is 6.51.